The Bertz CT molecular complexity index is 861. The number of hydrogen-bond donors (Lipinski definition) is 1. The molecule has 1 N–H and O–H groups in total. The van der Waals surface area contributed by atoms with E-state index in [2.05, 4.69) is 46.6 Å². The van der Waals surface area contributed by atoms with Crippen molar-refractivity contribution in [2.24, 2.45) is 5.92 Å². The Morgan fingerprint density at radius 2 is 1.93 bits per heavy atom. The van der Waals surface area contributed by atoms with Crippen LogP contribution in [0.5, 0.6) is 0 Å². The van der Waals surface area contributed by atoms with Crippen molar-refractivity contribution in [3.05, 3.63) is 70.1 Å². The molecule has 5 nitrogen and oxygen atoms in total. The molecule has 0 spiro atoms. The number of amides is 1. The SMILES string of the molecule is CC(=O)NC[C@H]1[C@H]2C[C@H](CN(CCc3ccccc3)C2)c2cccc(=O)n21. The highest BCUT2D eigenvalue weighted by atomic mass is 16.1. The quantitative estimate of drug-likeness (QED) is 0.884. The fourth-order valence-corrected chi connectivity index (χ4v) is 4.76. The van der Waals surface area contributed by atoms with Crippen LogP contribution in [0.15, 0.2) is 53.3 Å². The molecule has 1 aromatic carbocycles. The van der Waals surface area contributed by atoms with Crippen molar-refractivity contribution in [1.82, 2.24) is 14.8 Å². The molecule has 1 saturated heterocycles. The van der Waals surface area contributed by atoms with Crippen LogP contribution in [-0.4, -0.2) is 41.6 Å². The number of nitrogens with one attached hydrogen (secondary N) is 1. The highest BCUT2D eigenvalue weighted by Crippen LogP contribution is 2.40. The molecule has 2 aliphatic rings. The number of aromatic nitrogens is 1. The fourth-order valence-electron chi connectivity index (χ4n) is 4.76. The minimum atomic E-state index is -0.0422. The van der Waals surface area contributed by atoms with Crippen molar-refractivity contribution in [3.8, 4) is 0 Å². The molecule has 142 valence electrons. The van der Waals surface area contributed by atoms with Crippen molar-refractivity contribution in [1.29, 1.82) is 0 Å². The molecule has 0 unspecified atom stereocenters. The van der Waals surface area contributed by atoms with E-state index < -0.39 is 0 Å². The molecule has 5 heteroatoms. The first-order valence-corrected chi connectivity index (χ1v) is 9.84. The van der Waals surface area contributed by atoms with Crippen LogP contribution in [0.3, 0.4) is 0 Å². The zero-order valence-electron chi connectivity index (χ0n) is 15.8. The Morgan fingerprint density at radius 3 is 2.70 bits per heavy atom. The molecule has 0 radical (unpaired) electrons. The number of hydrogen-bond acceptors (Lipinski definition) is 3. The summed E-state index contributed by atoms with van der Waals surface area (Å²) < 4.78 is 1.95. The summed E-state index contributed by atoms with van der Waals surface area (Å²) in [5.74, 6) is 0.736. The second-order valence-corrected chi connectivity index (χ2v) is 7.85. The van der Waals surface area contributed by atoms with Crippen LogP contribution in [0, 0.1) is 5.92 Å². The zero-order chi connectivity index (χ0) is 18.8. The molecule has 27 heavy (non-hydrogen) atoms. The molecular formula is C22H27N3O2. The van der Waals surface area contributed by atoms with E-state index in [-0.39, 0.29) is 17.5 Å². The summed E-state index contributed by atoms with van der Waals surface area (Å²) in [6, 6.07) is 16.2. The number of nitrogens with zero attached hydrogens (tertiary/aromatic N) is 2. The molecule has 4 rings (SSSR count). The maximum Gasteiger partial charge on any atom is 0.251 e. The molecule has 3 atom stereocenters. The third-order valence-electron chi connectivity index (χ3n) is 5.99. The highest BCUT2D eigenvalue weighted by Gasteiger charge is 2.40. The Morgan fingerprint density at radius 1 is 1.11 bits per heavy atom. The summed E-state index contributed by atoms with van der Waals surface area (Å²) in [6.45, 7) is 5.07. The van der Waals surface area contributed by atoms with Crippen molar-refractivity contribution < 1.29 is 4.79 Å². The average Bonchev–Trinajstić information content (AvgIpc) is 2.67. The van der Waals surface area contributed by atoms with Gasteiger partial charge in [-0.2, -0.15) is 0 Å². The van der Waals surface area contributed by atoms with E-state index in [0.29, 0.717) is 18.4 Å². The zero-order valence-corrected chi connectivity index (χ0v) is 15.8. The van der Waals surface area contributed by atoms with Gasteiger partial charge >= 0.3 is 0 Å². The lowest BCUT2D eigenvalue weighted by molar-refractivity contribution is -0.119. The largest absolute Gasteiger partial charge is 0.354 e. The lowest BCUT2D eigenvalue weighted by Gasteiger charge is -2.47. The van der Waals surface area contributed by atoms with E-state index in [1.54, 1.807) is 6.07 Å². The molecule has 2 aliphatic heterocycles. The lowest BCUT2D eigenvalue weighted by Crippen LogP contribution is -2.52. The molecule has 3 heterocycles. The predicted molar refractivity (Wildman–Crippen MR) is 106 cm³/mol. The topological polar surface area (TPSA) is 54.3 Å². The molecule has 0 aliphatic carbocycles. The number of pyridine rings is 1. The van der Waals surface area contributed by atoms with Crippen molar-refractivity contribution in [2.75, 3.05) is 26.2 Å². The van der Waals surface area contributed by atoms with Gasteiger partial charge in [0.2, 0.25) is 5.91 Å². The van der Waals surface area contributed by atoms with Crippen LogP contribution in [0.25, 0.3) is 0 Å². The standard InChI is InChI=1S/C22H27N3O2/c1-16(26)23-13-21-19-12-18(20-8-5-9-22(27)25(20)21)14-24(15-19)11-10-17-6-3-2-4-7-17/h2-9,18-19,21H,10-15H2,1H3,(H,23,26)/t18-,19+,21+/m1/s1. The third kappa shape index (κ3) is 3.83. The van der Waals surface area contributed by atoms with E-state index in [1.165, 1.54) is 12.5 Å². The summed E-state index contributed by atoms with van der Waals surface area (Å²) >= 11 is 0. The van der Waals surface area contributed by atoms with E-state index in [4.69, 9.17) is 0 Å². The Kier molecular flexibility index (Phi) is 5.12. The van der Waals surface area contributed by atoms with Crippen LogP contribution >= 0.6 is 0 Å². The Hall–Kier alpha value is -2.40. The first-order valence-electron chi connectivity index (χ1n) is 9.84. The molecule has 1 amide bonds. The van der Waals surface area contributed by atoms with Gasteiger partial charge in [-0.15, -0.1) is 0 Å². The van der Waals surface area contributed by atoms with Crippen molar-refractivity contribution in [3.63, 3.8) is 0 Å². The number of benzene rings is 1. The van der Waals surface area contributed by atoms with Gasteiger partial charge in [0, 0.05) is 50.8 Å². The second kappa shape index (κ2) is 7.69. The first kappa shape index (κ1) is 18.0. The number of piperidine rings is 1. The van der Waals surface area contributed by atoms with Crippen LogP contribution in [0.2, 0.25) is 0 Å². The van der Waals surface area contributed by atoms with Gasteiger partial charge in [0.05, 0.1) is 6.04 Å². The minimum Gasteiger partial charge on any atom is -0.354 e. The molecular weight excluding hydrogens is 338 g/mol. The maximum absolute atomic E-state index is 12.6. The predicted octanol–water partition coefficient (Wildman–Crippen LogP) is 2.19. The molecule has 1 fully saturated rings. The van der Waals surface area contributed by atoms with E-state index in [9.17, 15) is 9.59 Å². The van der Waals surface area contributed by atoms with Gasteiger partial charge in [0.25, 0.3) is 5.56 Å². The number of carbonyl (C=O) groups excluding carboxylic acids is 1. The summed E-state index contributed by atoms with van der Waals surface area (Å²) in [4.78, 5) is 26.6. The molecule has 2 aromatic rings. The van der Waals surface area contributed by atoms with E-state index >= 15 is 0 Å². The van der Waals surface area contributed by atoms with Gasteiger partial charge in [-0.05, 0) is 30.4 Å². The van der Waals surface area contributed by atoms with E-state index in [0.717, 1.165) is 38.2 Å². The summed E-state index contributed by atoms with van der Waals surface area (Å²) in [5, 5.41) is 2.94. The number of fused-ring (bicyclic) bond motifs is 4. The van der Waals surface area contributed by atoms with Gasteiger partial charge in [0.15, 0.2) is 0 Å². The third-order valence-corrected chi connectivity index (χ3v) is 5.99. The smallest absolute Gasteiger partial charge is 0.251 e. The average molecular weight is 365 g/mol. The van der Waals surface area contributed by atoms with Crippen LogP contribution in [-0.2, 0) is 11.2 Å². The molecule has 2 bridgehead atoms. The van der Waals surface area contributed by atoms with Crippen LogP contribution in [0.4, 0.5) is 0 Å². The van der Waals surface area contributed by atoms with Gasteiger partial charge in [-0.1, -0.05) is 36.4 Å². The Balaban J connectivity index is 1.55. The second-order valence-electron chi connectivity index (χ2n) is 7.85. The Labute approximate surface area is 160 Å². The number of rotatable bonds is 5. The van der Waals surface area contributed by atoms with Crippen LogP contribution < -0.4 is 10.9 Å². The number of likely N-dealkylation sites (tertiary alicyclic amines) is 1. The monoisotopic (exact) mass is 365 g/mol. The normalized spacial score (nSPS) is 24.3. The highest BCUT2D eigenvalue weighted by molar-refractivity contribution is 5.72. The van der Waals surface area contributed by atoms with Gasteiger partial charge in [-0.3, -0.25) is 9.59 Å². The van der Waals surface area contributed by atoms with E-state index in [1.807, 2.05) is 10.6 Å². The van der Waals surface area contributed by atoms with Gasteiger partial charge in [-0.25, -0.2) is 0 Å². The summed E-state index contributed by atoms with van der Waals surface area (Å²) in [7, 11) is 0. The fraction of sp³-hybridized carbons (Fsp3) is 0.455. The summed E-state index contributed by atoms with van der Waals surface area (Å²) in [6.07, 6.45) is 2.13. The molecule has 1 aromatic heterocycles. The maximum atomic E-state index is 12.6. The van der Waals surface area contributed by atoms with Crippen molar-refractivity contribution >= 4 is 5.91 Å². The minimum absolute atomic E-state index is 0.0355. The van der Waals surface area contributed by atoms with Crippen molar-refractivity contribution in [2.45, 2.75) is 31.7 Å². The summed E-state index contributed by atoms with van der Waals surface area (Å²) in [5.41, 5.74) is 2.54. The van der Waals surface area contributed by atoms with Crippen LogP contribution in [0.1, 0.15) is 36.6 Å². The van der Waals surface area contributed by atoms with Gasteiger partial charge in [0.1, 0.15) is 0 Å². The molecule has 0 saturated carbocycles. The van der Waals surface area contributed by atoms with Gasteiger partial charge < -0.3 is 14.8 Å². The lowest BCUT2D eigenvalue weighted by atomic mass is 9.78. The first-order chi connectivity index (χ1) is 13.1. The number of carbonyl (C=O) groups is 1.